The summed E-state index contributed by atoms with van der Waals surface area (Å²) in [6.07, 6.45) is 0.894. The molecule has 2 amide bonds. The average molecular weight is 372 g/mol. The van der Waals surface area contributed by atoms with Gasteiger partial charge in [-0.05, 0) is 42.8 Å². The number of carbonyl (C=O) groups is 2. The van der Waals surface area contributed by atoms with Crippen LogP contribution in [-0.4, -0.2) is 22.6 Å². The minimum Gasteiger partial charge on any atom is -0.444 e. The Morgan fingerprint density at radius 2 is 1.73 bits per heavy atom. The quantitative estimate of drug-likeness (QED) is 0.764. The molecule has 0 fully saturated rings. The smallest absolute Gasteiger partial charge is 0.412 e. The van der Waals surface area contributed by atoms with Crippen molar-refractivity contribution in [3.8, 4) is 0 Å². The summed E-state index contributed by atoms with van der Waals surface area (Å²) in [4.78, 5) is 27.9. The molecule has 0 aliphatic rings. The van der Waals surface area contributed by atoms with E-state index in [1.807, 2.05) is 20.8 Å². The van der Waals surface area contributed by atoms with E-state index in [0.717, 1.165) is 0 Å². The fraction of sp³-hybridized carbons (Fsp3) is 0.533. The van der Waals surface area contributed by atoms with Crippen LogP contribution < -0.4 is 10.6 Å². The first-order valence-electron chi connectivity index (χ1n) is 6.85. The van der Waals surface area contributed by atoms with E-state index < -0.39 is 17.1 Å². The maximum atomic E-state index is 12.0. The highest BCUT2D eigenvalue weighted by atomic mass is 79.9. The molecule has 1 aromatic rings. The molecule has 0 atom stereocenters. The summed E-state index contributed by atoms with van der Waals surface area (Å²) in [5, 5.41) is 5.35. The van der Waals surface area contributed by atoms with Crippen molar-refractivity contribution >= 4 is 39.3 Å². The van der Waals surface area contributed by atoms with Crippen LogP contribution in [0.5, 0.6) is 0 Å². The second-order valence-electron chi connectivity index (χ2n) is 6.89. The topological polar surface area (TPSA) is 80.3 Å². The highest BCUT2D eigenvalue weighted by molar-refractivity contribution is 9.10. The van der Waals surface area contributed by atoms with Gasteiger partial charge in [-0.2, -0.15) is 0 Å². The van der Waals surface area contributed by atoms with E-state index in [1.54, 1.807) is 26.8 Å². The Balaban J connectivity index is 2.86. The monoisotopic (exact) mass is 371 g/mol. The Morgan fingerprint density at radius 1 is 1.14 bits per heavy atom. The van der Waals surface area contributed by atoms with E-state index >= 15 is 0 Å². The van der Waals surface area contributed by atoms with Crippen LogP contribution in [0.15, 0.2) is 16.9 Å². The van der Waals surface area contributed by atoms with E-state index in [2.05, 4.69) is 31.5 Å². The van der Waals surface area contributed by atoms with Gasteiger partial charge < -0.3 is 10.1 Å². The lowest BCUT2D eigenvalue weighted by molar-refractivity contribution is -0.123. The number of rotatable bonds is 2. The molecule has 7 heteroatoms. The van der Waals surface area contributed by atoms with Crippen molar-refractivity contribution < 1.29 is 14.3 Å². The maximum absolute atomic E-state index is 12.0. The van der Waals surface area contributed by atoms with Gasteiger partial charge in [0.05, 0.1) is 17.6 Å². The van der Waals surface area contributed by atoms with Gasteiger partial charge in [-0.3, -0.25) is 10.1 Å². The van der Waals surface area contributed by atoms with Gasteiger partial charge in [-0.15, -0.1) is 0 Å². The molecule has 22 heavy (non-hydrogen) atoms. The molecule has 0 radical (unpaired) electrons. The molecule has 0 unspecified atom stereocenters. The third-order valence-electron chi connectivity index (χ3n) is 2.41. The summed E-state index contributed by atoms with van der Waals surface area (Å²) >= 11 is 3.27. The van der Waals surface area contributed by atoms with Crippen LogP contribution in [0.25, 0.3) is 0 Å². The summed E-state index contributed by atoms with van der Waals surface area (Å²) in [6, 6.07) is 1.62. The van der Waals surface area contributed by atoms with Crippen molar-refractivity contribution in [1.82, 2.24) is 4.98 Å². The van der Waals surface area contributed by atoms with Crippen LogP contribution in [0.1, 0.15) is 41.5 Å². The van der Waals surface area contributed by atoms with Gasteiger partial charge in [0.1, 0.15) is 10.2 Å². The normalized spacial score (nSPS) is 11.8. The van der Waals surface area contributed by atoms with Gasteiger partial charge in [0.15, 0.2) is 0 Å². The SMILES string of the molecule is CC(C)(C)OC(=O)Nc1cnc(Br)c(NC(=O)C(C)(C)C)c1. The van der Waals surface area contributed by atoms with Gasteiger partial charge in [0.2, 0.25) is 5.91 Å². The Kier molecular flexibility index (Phi) is 5.56. The molecule has 6 nitrogen and oxygen atoms in total. The van der Waals surface area contributed by atoms with Gasteiger partial charge in [0.25, 0.3) is 0 Å². The van der Waals surface area contributed by atoms with Crippen molar-refractivity contribution in [3.63, 3.8) is 0 Å². The molecule has 0 saturated carbocycles. The molecule has 122 valence electrons. The summed E-state index contributed by atoms with van der Waals surface area (Å²) in [5.74, 6) is -0.149. The number of hydrogen-bond donors (Lipinski definition) is 2. The zero-order valence-electron chi connectivity index (χ0n) is 13.7. The fourth-order valence-corrected chi connectivity index (χ4v) is 1.65. The third-order valence-corrected chi connectivity index (χ3v) is 3.05. The summed E-state index contributed by atoms with van der Waals surface area (Å²) in [6.45, 7) is 10.8. The number of halogens is 1. The molecule has 0 saturated heterocycles. The molecule has 1 aromatic heterocycles. The number of amides is 2. The summed E-state index contributed by atoms with van der Waals surface area (Å²) < 4.78 is 5.66. The van der Waals surface area contributed by atoms with Crippen molar-refractivity contribution in [1.29, 1.82) is 0 Å². The zero-order chi connectivity index (χ0) is 17.1. The standard InChI is InChI=1S/C15H22BrN3O3/c1-14(2,3)12(20)19-10-7-9(8-17-11(10)16)18-13(21)22-15(4,5)6/h7-8H,1-6H3,(H,18,21)(H,19,20). The van der Waals surface area contributed by atoms with Crippen molar-refractivity contribution in [2.24, 2.45) is 5.41 Å². The molecular weight excluding hydrogens is 350 g/mol. The molecule has 0 aliphatic heterocycles. The zero-order valence-corrected chi connectivity index (χ0v) is 15.3. The minimum atomic E-state index is -0.587. The Hall–Kier alpha value is -1.63. The van der Waals surface area contributed by atoms with Gasteiger partial charge in [-0.1, -0.05) is 20.8 Å². The number of ether oxygens (including phenoxy) is 1. The molecule has 1 heterocycles. The molecule has 1 rings (SSSR count). The van der Waals surface area contributed by atoms with Crippen LogP contribution in [0.2, 0.25) is 0 Å². The summed E-state index contributed by atoms with van der Waals surface area (Å²) in [7, 11) is 0. The Morgan fingerprint density at radius 3 is 2.23 bits per heavy atom. The minimum absolute atomic E-state index is 0.149. The molecule has 2 N–H and O–H groups in total. The Labute approximate surface area is 139 Å². The lowest BCUT2D eigenvalue weighted by Gasteiger charge is -2.20. The number of pyridine rings is 1. The highest BCUT2D eigenvalue weighted by Crippen LogP contribution is 2.26. The van der Waals surface area contributed by atoms with Crippen LogP contribution in [0.4, 0.5) is 16.2 Å². The van der Waals surface area contributed by atoms with Crippen LogP contribution in [0, 0.1) is 5.41 Å². The van der Waals surface area contributed by atoms with Crippen molar-refractivity contribution in [2.45, 2.75) is 47.1 Å². The number of nitrogens with one attached hydrogen (secondary N) is 2. The van der Waals surface area contributed by atoms with E-state index in [9.17, 15) is 9.59 Å². The van der Waals surface area contributed by atoms with Gasteiger partial charge >= 0.3 is 6.09 Å². The highest BCUT2D eigenvalue weighted by Gasteiger charge is 2.22. The van der Waals surface area contributed by atoms with E-state index in [4.69, 9.17) is 4.74 Å². The lowest BCUT2D eigenvalue weighted by atomic mass is 9.95. The number of aromatic nitrogens is 1. The third kappa shape index (κ3) is 6.01. The average Bonchev–Trinajstić information content (AvgIpc) is 2.29. The van der Waals surface area contributed by atoms with Gasteiger partial charge in [-0.25, -0.2) is 9.78 Å². The first-order chi connectivity index (χ1) is 9.88. The maximum Gasteiger partial charge on any atom is 0.412 e. The first-order valence-corrected chi connectivity index (χ1v) is 7.65. The van der Waals surface area contributed by atoms with Gasteiger partial charge in [0, 0.05) is 5.41 Å². The molecule has 0 bridgehead atoms. The molecular formula is C15H22BrN3O3. The van der Waals surface area contributed by atoms with Crippen LogP contribution in [0.3, 0.4) is 0 Å². The largest absolute Gasteiger partial charge is 0.444 e. The molecule has 0 aliphatic carbocycles. The summed E-state index contributed by atoms with van der Waals surface area (Å²) in [5.41, 5.74) is -0.209. The predicted octanol–water partition coefficient (Wildman–Crippen LogP) is 4.18. The number of carbonyl (C=O) groups excluding carboxylic acids is 2. The van der Waals surface area contributed by atoms with Crippen LogP contribution >= 0.6 is 15.9 Å². The van der Waals surface area contributed by atoms with E-state index in [-0.39, 0.29) is 5.91 Å². The number of nitrogens with zero attached hydrogens (tertiary/aromatic N) is 1. The predicted molar refractivity (Wildman–Crippen MR) is 89.9 cm³/mol. The van der Waals surface area contributed by atoms with E-state index in [0.29, 0.717) is 16.0 Å². The second kappa shape index (κ2) is 6.64. The van der Waals surface area contributed by atoms with Crippen molar-refractivity contribution in [3.05, 3.63) is 16.9 Å². The number of hydrogen-bond acceptors (Lipinski definition) is 4. The lowest BCUT2D eigenvalue weighted by Crippen LogP contribution is -2.28. The Bertz CT molecular complexity index is 574. The number of anilines is 2. The van der Waals surface area contributed by atoms with Crippen LogP contribution in [-0.2, 0) is 9.53 Å². The van der Waals surface area contributed by atoms with E-state index in [1.165, 1.54) is 6.20 Å². The van der Waals surface area contributed by atoms with Crippen molar-refractivity contribution in [2.75, 3.05) is 10.6 Å². The molecule has 0 spiro atoms. The fourth-order valence-electron chi connectivity index (χ4n) is 1.34. The molecule has 0 aromatic carbocycles. The first kappa shape index (κ1) is 18.4. The second-order valence-corrected chi connectivity index (χ2v) is 7.64.